The van der Waals surface area contributed by atoms with Gasteiger partial charge in [-0.1, -0.05) is 13.3 Å². The number of amides is 1. The molecule has 4 N–H and O–H groups in total. The minimum atomic E-state index is -1.38. The van der Waals surface area contributed by atoms with Gasteiger partial charge in [-0.3, -0.25) is 9.59 Å². The second-order valence-electron chi connectivity index (χ2n) is 5.27. The second-order valence-corrected chi connectivity index (χ2v) is 5.27. The van der Waals surface area contributed by atoms with Crippen LogP contribution in [0.4, 0.5) is 0 Å². The molecule has 0 aromatic carbocycles. The zero-order chi connectivity index (χ0) is 15.2. The van der Waals surface area contributed by atoms with Crippen LogP contribution in [0.3, 0.4) is 0 Å². The van der Waals surface area contributed by atoms with Gasteiger partial charge in [0.05, 0.1) is 11.8 Å². The van der Waals surface area contributed by atoms with Crippen LogP contribution in [0.5, 0.6) is 0 Å². The number of carboxylic acids is 2. The molecule has 1 saturated heterocycles. The summed E-state index contributed by atoms with van der Waals surface area (Å²) in [6, 6.07) is -1.38. The number of piperidine rings is 1. The lowest BCUT2D eigenvalue weighted by Gasteiger charge is -2.36. The van der Waals surface area contributed by atoms with Gasteiger partial charge < -0.3 is 20.8 Å². The van der Waals surface area contributed by atoms with Crippen molar-refractivity contribution in [1.82, 2.24) is 10.6 Å². The summed E-state index contributed by atoms with van der Waals surface area (Å²) in [4.78, 5) is 34.1. The Kier molecular flexibility index (Phi) is 5.94. The molecule has 0 aliphatic carbocycles. The lowest BCUT2D eigenvalue weighted by Crippen LogP contribution is -2.54. The number of rotatable bonds is 7. The van der Waals surface area contributed by atoms with Crippen molar-refractivity contribution in [3.63, 3.8) is 0 Å². The molecular weight excluding hydrogens is 264 g/mol. The van der Waals surface area contributed by atoms with Crippen molar-refractivity contribution in [3.05, 3.63) is 0 Å². The van der Waals surface area contributed by atoms with E-state index in [1.807, 2.05) is 6.92 Å². The third-order valence-corrected chi connectivity index (χ3v) is 3.66. The normalized spacial score (nSPS) is 23.9. The van der Waals surface area contributed by atoms with Gasteiger partial charge in [0, 0.05) is 6.54 Å². The summed E-state index contributed by atoms with van der Waals surface area (Å²) in [5.41, 5.74) is -0.626. The Morgan fingerprint density at radius 3 is 2.50 bits per heavy atom. The maximum Gasteiger partial charge on any atom is 0.326 e. The standard InChI is InChI=1S/C13H22N2O5/c1-2-4-13(5-3-6-14-8-13)12(20)15-9(11(18)19)7-10(16)17/h9,14H,2-8H2,1H3,(H,15,20)(H,16,17)(H,18,19). The van der Waals surface area contributed by atoms with Crippen LogP contribution < -0.4 is 10.6 Å². The number of hydrogen-bond donors (Lipinski definition) is 4. The van der Waals surface area contributed by atoms with E-state index in [0.717, 1.165) is 19.4 Å². The van der Waals surface area contributed by atoms with E-state index in [-0.39, 0.29) is 5.91 Å². The summed E-state index contributed by atoms with van der Waals surface area (Å²) >= 11 is 0. The predicted octanol–water partition coefficient (Wildman–Crippen LogP) is 0.200. The molecule has 0 saturated carbocycles. The van der Waals surface area contributed by atoms with E-state index >= 15 is 0 Å². The highest BCUT2D eigenvalue weighted by Crippen LogP contribution is 2.32. The fourth-order valence-electron chi connectivity index (χ4n) is 2.65. The summed E-state index contributed by atoms with van der Waals surface area (Å²) in [6.07, 6.45) is 2.40. The highest BCUT2D eigenvalue weighted by Gasteiger charge is 2.40. The van der Waals surface area contributed by atoms with Gasteiger partial charge in [0.25, 0.3) is 0 Å². The van der Waals surface area contributed by atoms with Crippen molar-refractivity contribution in [2.75, 3.05) is 13.1 Å². The second kappa shape index (κ2) is 7.23. The van der Waals surface area contributed by atoms with Gasteiger partial charge in [0.2, 0.25) is 5.91 Å². The summed E-state index contributed by atoms with van der Waals surface area (Å²) in [5.74, 6) is -2.93. The minimum Gasteiger partial charge on any atom is -0.481 e. The molecule has 1 amide bonds. The van der Waals surface area contributed by atoms with Gasteiger partial charge in [0.15, 0.2) is 0 Å². The van der Waals surface area contributed by atoms with Crippen molar-refractivity contribution in [2.24, 2.45) is 5.41 Å². The molecule has 1 heterocycles. The van der Waals surface area contributed by atoms with Crippen LogP contribution in [0.25, 0.3) is 0 Å². The molecule has 1 fully saturated rings. The first-order valence-corrected chi connectivity index (χ1v) is 6.87. The van der Waals surface area contributed by atoms with Gasteiger partial charge in [-0.15, -0.1) is 0 Å². The highest BCUT2D eigenvalue weighted by molar-refractivity contribution is 5.89. The fourth-order valence-corrected chi connectivity index (χ4v) is 2.65. The topological polar surface area (TPSA) is 116 Å². The van der Waals surface area contributed by atoms with E-state index < -0.39 is 29.8 Å². The molecule has 7 nitrogen and oxygen atoms in total. The molecule has 1 aliphatic rings. The molecule has 2 atom stereocenters. The number of carbonyl (C=O) groups is 3. The molecule has 7 heteroatoms. The molecule has 0 spiro atoms. The molecule has 0 aromatic heterocycles. The summed E-state index contributed by atoms with van der Waals surface area (Å²) in [6.45, 7) is 3.32. The molecule has 0 aromatic rings. The van der Waals surface area contributed by atoms with E-state index in [1.54, 1.807) is 0 Å². The Morgan fingerprint density at radius 1 is 1.35 bits per heavy atom. The molecule has 20 heavy (non-hydrogen) atoms. The SMILES string of the molecule is CCCC1(C(=O)NC(CC(=O)O)C(=O)O)CCCNC1. The number of carboxylic acid groups (broad SMARTS) is 2. The maximum atomic E-state index is 12.4. The van der Waals surface area contributed by atoms with E-state index in [4.69, 9.17) is 10.2 Å². The van der Waals surface area contributed by atoms with Gasteiger partial charge >= 0.3 is 11.9 Å². The van der Waals surface area contributed by atoms with Crippen LogP contribution in [0.1, 0.15) is 39.0 Å². The molecule has 0 radical (unpaired) electrons. The Morgan fingerprint density at radius 2 is 2.05 bits per heavy atom. The van der Waals surface area contributed by atoms with Crippen LogP contribution in [-0.4, -0.2) is 47.2 Å². The summed E-state index contributed by atoms with van der Waals surface area (Å²) in [7, 11) is 0. The Labute approximate surface area is 117 Å². The van der Waals surface area contributed by atoms with Crippen LogP contribution in [-0.2, 0) is 14.4 Å². The van der Waals surface area contributed by atoms with Crippen molar-refractivity contribution in [3.8, 4) is 0 Å². The van der Waals surface area contributed by atoms with E-state index in [2.05, 4.69) is 10.6 Å². The quantitative estimate of drug-likeness (QED) is 0.531. The maximum absolute atomic E-state index is 12.4. The first-order chi connectivity index (χ1) is 9.41. The van der Waals surface area contributed by atoms with Crippen molar-refractivity contribution >= 4 is 17.8 Å². The molecular formula is C13H22N2O5. The number of aliphatic carboxylic acids is 2. The van der Waals surface area contributed by atoms with E-state index in [0.29, 0.717) is 19.4 Å². The summed E-state index contributed by atoms with van der Waals surface area (Å²) in [5, 5.41) is 23.2. The molecule has 1 aliphatic heterocycles. The third kappa shape index (κ3) is 4.19. The van der Waals surface area contributed by atoms with Crippen molar-refractivity contribution in [2.45, 2.75) is 45.1 Å². The van der Waals surface area contributed by atoms with Crippen molar-refractivity contribution in [1.29, 1.82) is 0 Å². The first-order valence-electron chi connectivity index (χ1n) is 6.87. The van der Waals surface area contributed by atoms with Crippen molar-refractivity contribution < 1.29 is 24.6 Å². The molecule has 1 rings (SSSR count). The van der Waals surface area contributed by atoms with Gasteiger partial charge in [-0.2, -0.15) is 0 Å². The minimum absolute atomic E-state index is 0.361. The zero-order valence-electron chi connectivity index (χ0n) is 11.6. The van der Waals surface area contributed by atoms with Crippen LogP contribution in [0.15, 0.2) is 0 Å². The monoisotopic (exact) mass is 286 g/mol. The average molecular weight is 286 g/mol. The fraction of sp³-hybridized carbons (Fsp3) is 0.769. The average Bonchev–Trinajstić information content (AvgIpc) is 2.38. The van der Waals surface area contributed by atoms with Crippen LogP contribution in [0.2, 0.25) is 0 Å². The lowest BCUT2D eigenvalue weighted by atomic mass is 9.76. The largest absolute Gasteiger partial charge is 0.481 e. The molecule has 2 unspecified atom stereocenters. The van der Waals surface area contributed by atoms with Gasteiger partial charge in [-0.05, 0) is 25.8 Å². The number of hydrogen-bond acceptors (Lipinski definition) is 4. The Hall–Kier alpha value is -1.63. The predicted molar refractivity (Wildman–Crippen MR) is 71.3 cm³/mol. The third-order valence-electron chi connectivity index (χ3n) is 3.66. The Bertz CT molecular complexity index is 371. The van der Waals surface area contributed by atoms with Crippen LogP contribution >= 0.6 is 0 Å². The van der Waals surface area contributed by atoms with E-state index in [9.17, 15) is 14.4 Å². The molecule has 0 bridgehead atoms. The zero-order valence-corrected chi connectivity index (χ0v) is 11.6. The van der Waals surface area contributed by atoms with E-state index in [1.165, 1.54) is 0 Å². The number of nitrogens with one attached hydrogen (secondary N) is 2. The Balaban J connectivity index is 2.78. The van der Waals surface area contributed by atoms with Gasteiger partial charge in [-0.25, -0.2) is 4.79 Å². The smallest absolute Gasteiger partial charge is 0.326 e. The first kappa shape index (κ1) is 16.4. The van der Waals surface area contributed by atoms with Crippen LogP contribution in [0, 0.1) is 5.41 Å². The van der Waals surface area contributed by atoms with Gasteiger partial charge in [0.1, 0.15) is 6.04 Å². The summed E-state index contributed by atoms with van der Waals surface area (Å²) < 4.78 is 0. The highest BCUT2D eigenvalue weighted by atomic mass is 16.4. The number of carbonyl (C=O) groups excluding carboxylic acids is 1. The molecule has 114 valence electrons. The lowest BCUT2D eigenvalue weighted by molar-refractivity contribution is -0.148.